The number of hydrogen-bond donors (Lipinski definition) is 3. The first kappa shape index (κ1) is 21.2. The van der Waals surface area contributed by atoms with Crippen LogP contribution in [0.25, 0.3) is 0 Å². The van der Waals surface area contributed by atoms with Gasteiger partial charge in [-0.3, -0.25) is 4.79 Å². The maximum Gasteiger partial charge on any atom is 0.284 e. The van der Waals surface area contributed by atoms with Crippen LogP contribution in [0.4, 0.5) is 0 Å². The second-order valence-electron chi connectivity index (χ2n) is 5.30. The topological polar surface area (TPSA) is 102 Å². The SMILES string of the molecule is CCNC(=NCc1ccc(C(N)=O)o1)NCCOc1c(Cl)cc(Cl)cc1Cl. The average molecular weight is 434 g/mol. The second kappa shape index (κ2) is 10.3. The monoisotopic (exact) mass is 432 g/mol. The molecule has 0 unspecified atom stereocenters. The summed E-state index contributed by atoms with van der Waals surface area (Å²) in [5, 5.41) is 7.33. The first-order chi connectivity index (χ1) is 12.9. The lowest BCUT2D eigenvalue weighted by Gasteiger charge is -2.13. The number of nitrogens with two attached hydrogens (primary N) is 1. The first-order valence-electron chi connectivity index (χ1n) is 8.08. The van der Waals surface area contributed by atoms with Gasteiger partial charge >= 0.3 is 0 Å². The molecule has 0 fully saturated rings. The fourth-order valence-corrected chi connectivity index (χ4v) is 3.01. The predicted molar refractivity (Wildman–Crippen MR) is 107 cm³/mol. The van der Waals surface area contributed by atoms with Crippen molar-refractivity contribution >= 4 is 46.7 Å². The molecule has 4 N–H and O–H groups in total. The van der Waals surface area contributed by atoms with Crippen LogP contribution in [0, 0.1) is 0 Å². The second-order valence-corrected chi connectivity index (χ2v) is 6.55. The zero-order valence-corrected chi connectivity index (χ0v) is 16.8. The number of rotatable bonds is 8. The van der Waals surface area contributed by atoms with E-state index in [0.717, 1.165) is 0 Å². The lowest BCUT2D eigenvalue weighted by atomic mass is 10.3. The van der Waals surface area contributed by atoms with Crippen molar-refractivity contribution in [1.82, 2.24) is 10.6 Å². The Bertz CT molecular complexity index is 801. The fourth-order valence-electron chi connectivity index (χ4n) is 2.08. The van der Waals surface area contributed by atoms with Crippen LogP contribution < -0.4 is 21.1 Å². The summed E-state index contributed by atoms with van der Waals surface area (Å²) in [5.41, 5.74) is 5.16. The van der Waals surface area contributed by atoms with Gasteiger partial charge < -0.3 is 25.5 Å². The van der Waals surface area contributed by atoms with Gasteiger partial charge in [0, 0.05) is 11.6 Å². The lowest BCUT2D eigenvalue weighted by molar-refractivity contribution is 0.0972. The molecule has 0 aliphatic carbocycles. The van der Waals surface area contributed by atoms with Crippen LogP contribution in [-0.4, -0.2) is 31.6 Å². The molecule has 10 heteroatoms. The van der Waals surface area contributed by atoms with E-state index in [1.54, 1.807) is 18.2 Å². The van der Waals surface area contributed by atoms with Crippen LogP contribution >= 0.6 is 34.8 Å². The number of carbonyl (C=O) groups is 1. The van der Waals surface area contributed by atoms with Gasteiger partial charge in [0.1, 0.15) is 18.9 Å². The first-order valence-corrected chi connectivity index (χ1v) is 9.22. The molecule has 0 spiro atoms. The van der Waals surface area contributed by atoms with Crippen LogP contribution in [0.1, 0.15) is 23.2 Å². The number of halogens is 3. The number of nitrogens with one attached hydrogen (secondary N) is 2. The number of primary amides is 1. The van der Waals surface area contributed by atoms with Crippen molar-refractivity contribution in [2.24, 2.45) is 10.7 Å². The molecule has 7 nitrogen and oxygen atoms in total. The molecule has 1 heterocycles. The van der Waals surface area contributed by atoms with Gasteiger partial charge in [-0.05, 0) is 31.2 Å². The van der Waals surface area contributed by atoms with Crippen molar-refractivity contribution in [3.8, 4) is 5.75 Å². The van der Waals surface area contributed by atoms with Crippen LogP contribution in [0.5, 0.6) is 5.75 Å². The number of hydrogen-bond acceptors (Lipinski definition) is 4. The predicted octanol–water partition coefficient (Wildman–Crippen LogP) is 3.47. The van der Waals surface area contributed by atoms with Gasteiger partial charge in [-0.1, -0.05) is 34.8 Å². The number of nitrogens with zero attached hydrogens (tertiary/aromatic N) is 1. The van der Waals surface area contributed by atoms with Crippen molar-refractivity contribution in [3.05, 3.63) is 50.9 Å². The Morgan fingerprint density at radius 3 is 2.52 bits per heavy atom. The van der Waals surface area contributed by atoms with Crippen molar-refractivity contribution in [2.75, 3.05) is 19.7 Å². The van der Waals surface area contributed by atoms with Gasteiger partial charge in [0.15, 0.2) is 17.5 Å². The van der Waals surface area contributed by atoms with E-state index in [1.807, 2.05) is 6.92 Å². The maximum atomic E-state index is 11.0. The molecule has 0 saturated carbocycles. The van der Waals surface area contributed by atoms with Gasteiger partial charge in [-0.15, -0.1) is 0 Å². The molecule has 1 aromatic heterocycles. The largest absolute Gasteiger partial charge is 0.489 e. The number of aliphatic imine (C=N–C) groups is 1. The summed E-state index contributed by atoms with van der Waals surface area (Å²) in [5.74, 6) is 0.944. The van der Waals surface area contributed by atoms with Gasteiger partial charge in [-0.25, -0.2) is 4.99 Å². The number of guanidine groups is 1. The summed E-state index contributed by atoms with van der Waals surface area (Å²) in [7, 11) is 0. The summed E-state index contributed by atoms with van der Waals surface area (Å²) in [6.45, 7) is 3.62. The van der Waals surface area contributed by atoms with E-state index in [1.165, 1.54) is 6.07 Å². The molecule has 0 aliphatic rings. The van der Waals surface area contributed by atoms with E-state index < -0.39 is 5.91 Å². The molecule has 1 amide bonds. The molecular formula is C17H19Cl3N4O3. The molecular weight excluding hydrogens is 415 g/mol. The zero-order valence-electron chi connectivity index (χ0n) is 14.5. The van der Waals surface area contributed by atoms with Crippen molar-refractivity contribution in [3.63, 3.8) is 0 Å². The molecule has 0 bridgehead atoms. The summed E-state index contributed by atoms with van der Waals surface area (Å²) >= 11 is 18.0. The molecule has 2 rings (SSSR count). The van der Waals surface area contributed by atoms with E-state index in [0.29, 0.717) is 52.2 Å². The number of carbonyl (C=O) groups excluding carboxylic acids is 1. The zero-order chi connectivity index (χ0) is 19.8. The molecule has 0 saturated heterocycles. The standard InChI is InChI=1S/C17H19Cl3N4O3/c1-2-22-17(24-9-11-3-4-14(27-11)16(21)25)23-5-6-26-15-12(19)7-10(18)8-13(15)20/h3-4,7-8H,2,5-6,9H2,1H3,(H2,21,25)(H2,22,23,24). The van der Waals surface area contributed by atoms with E-state index in [2.05, 4.69) is 15.6 Å². The summed E-state index contributed by atoms with van der Waals surface area (Å²) in [4.78, 5) is 15.4. The van der Waals surface area contributed by atoms with Gasteiger partial charge in [-0.2, -0.15) is 0 Å². The van der Waals surface area contributed by atoms with Crippen molar-refractivity contribution in [1.29, 1.82) is 0 Å². The fraction of sp³-hybridized carbons (Fsp3) is 0.294. The smallest absolute Gasteiger partial charge is 0.284 e. The van der Waals surface area contributed by atoms with Crippen LogP contribution in [0.2, 0.25) is 15.1 Å². The summed E-state index contributed by atoms with van der Waals surface area (Å²) < 4.78 is 10.9. The Morgan fingerprint density at radius 2 is 1.93 bits per heavy atom. The van der Waals surface area contributed by atoms with Crippen LogP contribution in [-0.2, 0) is 6.54 Å². The molecule has 0 atom stereocenters. The minimum atomic E-state index is -0.619. The minimum absolute atomic E-state index is 0.100. The van der Waals surface area contributed by atoms with Crippen LogP contribution in [0.3, 0.4) is 0 Å². The van der Waals surface area contributed by atoms with E-state index in [4.69, 9.17) is 49.7 Å². The summed E-state index contributed by atoms with van der Waals surface area (Å²) in [6.07, 6.45) is 0. The number of ether oxygens (including phenoxy) is 1. The minimum Gasteiger partial charge on any atom is -0.489 e. The Morgan fingerprint density at radius 1 is 1.22 bits per heavy atom. The van der Waals surface area contributed by atoms with Crippen molar-refractivity contribution < 1.29 is 13.9 Å². The Balaban J connectivity index is 1.87. The Kier molecular flexibility index (Phi) is 8.09. The molecule has 2 aromatic rings. The normalized spacial score (nSPS) is 11.3. The molecule has 27 heavy (non-hydrogen) atoms. The highest BCUT2D eigenvalue weighted by atomic mass is 35.5. The quantitative estimate of drug-likeness (QED) is 0.336. The number of amides is 1. The molecule has 146 valence electrons. The third kappa shape index (κ3) is 6.53. The van der Waals surface area contributed by atoms with Gasteiger partial charge in [0.05, 0.1) is 16.6 Å². The highest BCUT2D eigenvalue weighted by Gasteiger charge is 2.10. The molecule has 0 aliphatic heterocycles. The van der Waals surface area contributed by atoms with E-state index >= 15 is 0 Å². The van der Waals surface area contributed by atoms with Gasteiger partial charge in [0.2, 0.25) is 0 Å². The van der Waals surface area contributed by atoms with Crippen molar-refractivity contribution in [2.45, 2.75) is 13.5 Å². The Labute approximate surface area is 171 Å². The summed E-state index contributed by atoms with van der Waals surface area (Å²) in [6, 6.07) is 6.29. The lowest BCUT2D eigenvalue weighted by Crippen LogP contribution is -2.39. The average Bonchev–Trinajstić information content (AvgIpc) is 3.07. The molecule has 1 aromatic carbocycles. The Hall–Kier alpha value is -2.09. The third-order valence-corrected chi connectivity index (χ3v) is 4.03. The van der Waals surface area contributed by atoms with E-state index in [9.17, 15) is 4.79 Å². The molecule has 0 radical (unpaired) electrons. The van der Waals surface area contributed by atoms with Gasteiger partial charge in [0.25, 0.3) is 5.91 Å². The highest BCUT2D eigenvalue weighted by Crippen LogP contribution is 2.35. The maximum absolute atomic E-state index is 11.0. The van der Waals surface area contributed by atoms with E-state index in [-0.39, 0.29) is 12.3 Å². The highest BCUT2D eigenvalue weighted by molar-refractivity contribution is 6.40. The number of furan rings is 1. The third-order valence-electron chi connectivity index (χ3n) is 3.25. The number of benzene rings is 1. The van der Waals surface area contributed by atoms with Crippen LogP contribution in [0.15, 0.2) is 33.7 Å².